The van der Waals surface area contributed by atoms with E-state index in [2.05, 4.69) is 5.32 Å². The van der Waals surface area contributed by atoms with Gasteiger partial charge in [-0.2, -0.15) is 0 Å². The molecule has 1 aromatic carbocycles. The molecule has 1 rings (SSSR count). The largest absolute Gasteiger partial charge is 0.482 e. The van der Waals surface area contributed by atoms with Crippen molar-refractivity contribution in [3.63, 3.8) is 0 Å². The lowest BCUT2D eigenvalue weighted by Gasteiger charge is -2.14. The maximum Gasteiger partial charge on any atom is 0.259 e. The van der Waals surface area contributed by atoms with Crippen molar-refractivity contribution < 1.29 is 9.53 Å². The predicted molar refractivity (Wildman–Crippen MR) is 73.1 cm³/mol. The van der Waals surface area contributed by atoms with Crippen molar-refractivity contribution in [2.45, 2.75) is 13.0 Å². The quantitative estimate of drug-likeness (QED) is 0.891. The van der Waals surface area contributed by atoms with Crippen LogP contribution in [0.2, 0.25) is 5.02 Å². The molecule has 0 heterocycles. The summed E-state index contributed by atoms with van der Waals surface area (Å²) in [6, 6.07) is 5.79. The molecule has 1 unspecified atom stereocenters. The lowest BCUT2D eigenvalue weighted by Crippen LogP contribution is -2.27. The van der Waals surface area contributed by atoms with Gasteiger partial charge in [0.15, 0.2) is 6.61 Å². The molecule has 1 N–H and O–H groups in total. The highest BCUT2D eigenvalue weighted by Gasteiger charge is 2.10. The molecule has 0 aliphatic carbocycles. The minimum atomic E-state index is -0.0984. The highest BCUT2D eigenvalue weighted by atomic mass is 35.5. The van der Waals surface area contributed by atoms with E-state index in [1.165, 1.54) is 4.90 Å². The number of hydrogen-bond donors (Lipinski definition) is 1. The van der Waals surface area contributed by atoms with Gasteiger partial charge in [0.2, 0.25) is 0 Å². The average Bonchev–Trinajstić information content (AvgIpc) is 2.35. The number of nitrogens with zero attached hydrogens (tertiary/aromatic N) is 1. The molecule has 0 saturated carbocycles. The summed E-state index contributed by atoms with van der Waals surface area (Å²) >= 11 is 6.12. The Hall–Kier alpha value is -1.26. The van der Waals surface area contributed by atoms with E-state index in [1.807, 2.05) is 26.1 Å². The molecule has 0 spiro atoms. The number of likely N-dealkylation sites (N-methyl/N-ethyl adjacent to an activating group) is 1. The molecular weight excluding hydrogens is 252 g/mol. The fourth-order valence-electron chi connectivity index (χ4n) is 1.34. The van der Waals surface area contributed by atoms with E-state index in [-0.39, 0.29) is 18.6 Å². The third-order valence-corrected chi connectivity index (χ3v) is 3.03. The number of carbonyl (C=O) groups excluding carboxylic acids is 1. The van der Waals surface area contributed by atoms with Gasteiger partial charge < -0.3 is 15.0 Å². The Labute approximate surface area is 113 Å². The van der Waals surface area contributed by atoms with Gasteiger partial charge >= 0.3 is 0 Å². The van der Waals surface area contributed by atoms with Gasteiger partial charge in [0.25, 0.3) is 5.91 Å². The van der Waals surface area contributed by atoms with Crippen molar-refractivity contribution >= 4 is 17.5 Å². The summed E-state index contributed by atoms with van der Waals surface area (Å²) in [5, 5.41) is 3.65. The van der Waals surface area contributed by atoms with Crippen LogP contribution in [0, 0.1) is 0 Å². The normalized spacial score (nSPS) is 12.1. The van der Waals surface area contributed by atoms with Crippen molar-refractivity contribution in [2.75, 3.05) is 27.7 Å². The molecule has 0 radical (unpaired) electrons. The van der Waals surface area contributed by atoms with Crippen LogP contribution in [0.15, 0.2) is 18.2 Å². The molecule has 1 aromatic rings. The highest BCUT2D eigenvalue weighted by Crippen LogP contribution is 2.27. The van der Waals surface area contributed by atoms with E-state index in [0.29, 0.717) is 10.8 Å². The third kappa shape index (κ3) is 3.89. The van der Waals surface area contributed by atoms with Crippen LogP contribution in [0.25, 0.3) is 0 Å². The van der Waals surface area contributed by atoms with Crippen molar-refractivity contribution in [1.82, 2.24) is 10.2 Å². The van der Waals surface area contributed by atoms with E-state index in [1.54, 1.807) is 20.2 Å². The zero-order valence-corrected chi connectivity index (χ0v) is 11.9. The van der Waals surface area contributed by atoms with Crippen LogP contribution in [0.3, 0.4) is 0 Å². The zero-order chi connectivity index (χ0) is 13.7. The molecule has 18 heavy (non-hydrogen) atoms. The fourth-order valence-corrected chi connectivity index (χ4v) is 1.58. The molecule has 1 atom stereocenters. The van der Waals surface area contributed by atoms with Crippen LogP contribution in [0.1, 0.15) is 18.5 Å². The van der Waals surface area contributed by atoms with E-state index in [0.717, 1.165) is 5.56 Å². The monoisotopic (exact) mass is 270 g/mol. The summed E-state index contributed by atoms with van der Waals surface area (Å²) in [6.45, 7) is 2.04. The Bertz CT molecular complexity index is 421. The fraction of sp³-hybridized carbons (Fsp3) is 0.462. The van der Waals surface area contributed by atoms with Gasteiger partial charge in [0.05, 0.1) is 5.02 Å². The van der Waals surface area contributed by atoms with E-state index in [9.17, 15) is 4.79 Å². The van der Waals surface area contributed by atoms with Gasteiger partial charge in [-0.15, -0.1) is 0 Å². The summed E-state index contributed by atoms with van der Waals surface area (Å²) in [6.07, 6.45) is 0. The smallest absolute Gasteiger partial charge is 0.259 e. The van der Waals surface area contributed by atoms with Crippen LogP contribution in [-0.2, 0) is 4.79 Å². The standard InChI is InChI=1S/C13H19ClN2O2/c1-9(15-2)10-5-6-12(11(14)7-10)18-8-13(17)16(3)4/h5-7,9,15H,8H2,1-4H3. The summed E-state index contributed by atoms with van der Waals surface area (Å²) in [5.41, 5.74) is 1.08. The Morgan fingerprint density at radius 1 is 1.50 bits per heavy atom. The predicted octanol–water partition coefficient (Wildman–Crippen LogP) is 2.09. The average molecular weight is 271 g/mol. The Kier molecular flexibility index (Phi) is 5.44. The number of amides is 1. The van der Waals surface area contributed by atoms with E-state index < -0.39 is 0 Å². The third-order valence-electron chi connectivity index (χ3n) is 2.74. The number of halogens is 1. The van der Waals surface area contributed by atoms with Crippen molar-refractivity contribution in [3.8, 4) is 5.75 Å². The summed E-state index contributed by atoms with van der Waals surface area (Å²) in [4.78, 5) is 12.9. The number of ether oxygens (including phenoxy) is 1. The maximum atomic E-state index is 11.4. The van der Waals surface area contributed by atoms with Gasteiger partial charge in [0.1, 0.15) is 5.75 Å². The molecule has 0 saturated heterocycles. The lowest BCUT2D eigenvalue weighted by atomic mass is 10.1. The second-order valence-electron chi connectivity index (χ2n) is 4.28. The molecule has 0 fully saturated rings. The number of nitrogens with one attached hydrogen (secondary N) is 1. The molecule has 0 aromatic heterocycles. The van der Waals surface area contributed by atoms with Gasteiger partial charge in [-0.3, -0.25) is 4.79 Å². The second-order valence-corrected chi connectivity index (χ2v) is 4.68. The van der Waals surface area contributed by atoms with Gasteiger partial charge in [-0.25, -0.2) is 0 Å². The summed E-state index contributed by atoms with van der Waals surface area (Å²) in [7, 11) is 5.26. The van der Waals surface area contributed by atoms with Crippen molar-refractivity contribution in [1.29, 1.82) is 0 Å². The minimum Gasteiger partial charge on any atom is -0.482 e. The van der Waals surface area contributed by atoms with Gasteiger partial charge in [-0.05, 0) is 31.7 Å². The molecule has 5 heteroatoms. The Balaban J connectivity index is 2.71. The molecule has 0 aliphatic rings. The van der Waals surface area contributed by atoms with Crippen LogP contribution in [-0.4, -0.2) is 38.6 Å². The maximum absolute atomic E-state index is 11.4. The highest BCUT2D eigenvalue weighted by molar-refractivity contribution is 6.32. The zero-order valence-electron chi connectivity index (χ0n) is 11.2. The summed E-state index contributed by atoms with van der Waals surface area (Å²) in [5.74, 6) is 0.428. The Morgan fingerprint density at radius 3 is 2.67 bits per heavy atom. The first-order valence-electron chi connectivity index (χ1n) is 5.75. The van der Waals surface area contributed by atoms with Crippen LogP contribution in [0.4, 0.5) is 0 Å². The van der Waals surface area contributed by atoms with Crippen molar-refractivity contribution in [3.05, 3.63) is 28.8 Å². The minimum absolute atomic E-state index is 0.00630. The molecular formula is C13H19ClN2O2. The number of hydrogen-bond acceptors (Lipinski definition) is 3. The van der Waals surface area contributed by atoms with Crippen LogP contribution >= 0.6 is 11.6 Å². The van der Waals surface area contributed by atoms with Gasteiger partial charge in [-0.1, -0.05) is 17.7 Å². The number of rotatable bonds is 5. The molecule has 1 amide bonds. The first-order valence-corrected chi connectivity index (χ1v) is 6.13. The SMILES string of the molecule is CNC(C)c1ccc(OCC(=O)N(C)C)c(Cl)c1. The lowest BCUT2D eigenvalue weighted by molar-refractivity contribution is -0.130. The molecule has 0 bridgehead atoms. The topological polar surface area (TPSA) is 41.6 Å². The van der Waals surface area contributed by atoms with Crippen molar-refractivity contribution in [2.24, 2.45) is 0 Å². The van der Waals surface area contributed by atoms with Gasteiger partial charge in [0, 0.05) is 20.1 Å². The second kappa shape index (κ2) is 6.61. The molecule has 4 nitrogen and oxygen atoms in total. The van der Waals surface area contributed by atoms with Crippen LogP contribution < -0.4 is 10.1 Å². The first-order chi connectivity index (χ1) is 8.45. The van der Waals surface area contributed by atoms with Crippen LogP contribution in [0.5, 0.6) is 5.75 Å². The van der Waals surface area contributed by atoms with E-state index >= 15 is 0 Å². The number of benzene rings is 1. The Morgan fingerprint density at radius 2 is 2.17 bits per heavy atom. The molecule has 100 valence electrons. The van der Waals surface area contributed by atoms with E-state index in [4.69, 9.17) is 16.3 Å². The number of carbonyl (C=O) groups is 1. The first kappa shape index (κ1) is 14.8. The summed E-state index contributed by atoms with van der Waals surface area (Å²) < 4.78 is 5.38. The molecule has 0 aliphatic heterocycles.